The molecule has 0 amide bonds. The van der Waals surface area contributed by atoms with Crippen LogP contribution in [0.1, 0.15) is 17.2 Å². The van der Waals surface area contributed by atoms with Crippen molar-refractivity contribution in [3.63, 3.8) is 0 Å². The Kier molecular flexibility index (Phi) is 2.86. The third-order valence-corrected chi connectivity index (χ3v) is 4.22. The molecule has 4 aromatic rings. The van der Waals surface area contributed by atoms with Gasteiger partial charge in [0.25, 0.3) is 0 Å². The highest BCUT2D eigenvalue weighted by atomic mass is 35.5. The van der Waals surface area contributed by atoms with Crippen LogP contribution in [0.5, 0.6) is 0 Å². The summed E-state index contributed by atoms with van der Waals surface area (Å²) in [5, 5.41) is 17.2. The molecule has 0 unspecified atom stereocenters. The largest absolute Gasteiger partial charge is 0.268 e. The zero-order chi connectivity index (χ0) is 15.3. The molecule has 8 nitrogen and oxygen atoms in total. The number of hydrogen-bond donors (Lipinski definition) is 1. The number of rotatable bonds is 3. The van der Waals surface area contributed by atoms with Crippen LogP contribution in [0.4, 0.5) is 0 Å². The fourth-order valence-corrected chi connectivity index (χ4v) is 2.63. The van der Waals surface area contributed by atoms with Gasteiger partial charge in [-0.05, 0) is 13.8 Å². The predicted octanol–water partition coefficient (Wildman–Crippen LogP) is 1.71. The van der Waals surface area contributed by atoms with Crippen molar-refractivity contribution in [1.82, 2.24) is 39.6 Å². The molecule has 112 valence electrons. The predicted molar refractivity (Wildman–Crippen MR) is 80.8 cm³/mol. The second-order valence-electron chi connectivity index (χ2n) is 5.13. The first kappa shape index (κ1) is 13.2. The highest BCUT2D eigenvalue weighted by Gasteiger charge is 2.12. The Labute approximate surface area is 130 Å². The van der Waals surface area contributed by atoms with Crippen molar-refractivity contribution in [2.24, 2.45) is 0 Å². The molecule has 0 bridgehead atoms. The number of aryl methyl sites for hydroxylation is 3. The maximum atomic E-state index is 6.16. The maximum Gasteiger partial charge on any atom is 0.170 e. The number of hydrogen-bond acceptors (Lipinski definition) is 5. The van der Waals surface area contributed by atoms with E-state index in [-0.39, 0.29) is 0 Å². The molecule has 0 aliphatic rings. The first-order valence-corrected chi connectivity index (χ1v) is 7.24. The minimum Gasteiger partial charge on any atom is -0.268 e. The number of aromatic nitrogens is 8. The minimum atomic E-state index is 0.666. The highest BCUT2D eigenvalue weighted by molar-refractivity contribution is 6.31. The van der Waals surface area contributed by atoms with Crippen LogP contribution in [-0.2, 0) is 13.0 Å². The minimum absolute atomic E-state index is 0.666. The molecule has 9 heteroatoms. The van der Waals surface area contributed by atoms with Crippen molar-refractivity contribution in [2.75, 3.05) is 0 Å². The summed E-state index contributed by atoms with van der Waals surface area (Å²) in [6.45, 7) is 4.53. The lowest BCUT2D eigenvalue weighted by Crippen LogP contribution is -2.06. The van der Waals surface area contributed by atoms with Gasteiger partial charge in [-0.15, -0.1) is 5.10 Å². The zero-order valence-electron chi connectivity index (χ0n) is 12.1. The Balaban J connectivity index is 1.65. The Hall–Kier alpha value is -2.48. The van der Waals surface area contributed by atoms with Gasteiger partial charge in [-0.2, -0.15) is 10.2 Å². The van der Waals surface area contributed by atoms with Crippen molar-refractivity contribution in [3.05, 3.63) is 34.8 Å². The van der Waals surface area contributed by atoms with Crippen LogP contribution >= 0.6 is 11.6 Å². The molecule has 22 heavy (non-hydrogen) atoms. The van der Waals surface area contributed by atoms with E-state index >= 15 is 0 Å². The molecule has 0 atom stereocenters. The first-order chi connectivity index (χ1) is 10.6. The number of halogens is 1. The molecule has 0 aliphatic heterocycles. The lowest BCUT2D eigenvalue weighted by molar-refractivity contribution is 0.581. The van der Waals surface area contributed by atoms with Gasteiger partial charge in [0.05, 0.1) is 28.0 Å². The summed E-state index contributed by atoms with van der Waals surface area (Å²) in [6.07, 6.45) is 4.00. The van der Waals surface area contributed by atoms with E-state index in [4.69, 9.17) is 11.6 Å². The van der Waals surface area contributed by atoms with E-state index in [0.29, 0.717) is 23.6 Å². The molecule has 0 radical (unpaired) electrons. The molecule has 0 aromatic carbocycles. The van der Waals surface area contributed by atoms with Crippen molar-refractivity contribution in [3.8, 4) is 0 Å². The topological polar surface area (TPSA) is 89.6 Å². The van der Waals surface area contributed by atoms with E-state index in [1.165, 1.54) is 0 Å². The van der Waals surface area contributed by atoms with Gasteiger partial charge in [0.2, 0.25) is 0 Å². The van der Waals surface area contributed by atoms with Crippen molar-refractivity contribution < 1.29 is 0 Å². The van der Waals surface area contributed by atoms with Gasteiger partial charge >= 0.3 is 0 Å². The average molecular weight is 317 g/mol. The van der Waals surface area contributed by atoms with Gasteiger partial charge in [0.1, 0.15) is 6.33 Å². The molecule has 1 N–H and O–H groups in total. The van der Waals surface area contributed by atoms with E-state index in [2.05, 4.69) is 30.4 Å². The summed E-state index contributed by atoms with van der Waals surface area (Å²) in [4.78, 5) is 8.80. The summed E-state index contributed by atoms with van der Waals surface area (Å²) in [7, 11) is 0. The first-order valence-electron chi connectivity index (χ1n) is 6.86. The molecule has 4 aromatic heterocycles. The van der Waals surface area contributed by atoms with Gasteiger partial charge in [-0.3, -0.25) is 9.78 Å². The van der Waals surface area contributed by atoms with Crippen LogP contribution in [-0.4, -0.2) is 39.6 Å². The smallest absolute Gasteiger partial charge is 0.170 e. The molecule has 0 saturated heterocycles. The zero-order valence-corrected chi connectivity index (χ0v) is 12.8. The molecule has 0 saturated carbocycles. The quantitative estimate of drug-likeness (QED) is 0.621. The lowest BCUT2D eigenvalue weighted by atomic mass is 10.3. The summed E-state index contributed by atoms with van der Waals surface area (Å²) >= 11 is 6.16. The van der Waals surface area contributed by atoms with Crippen LogP contribution in [0.25, 0.3) is 16.7 Å². The van der Waals surface area contributed by atoms with Crippen molar-refractivity contribution >= 4 is 28.3 Å². The van der Waals surface area contributed by atoms with E-state index in [1.54, 1.807) is 17.0 Å². The Morgan fingerprint density at radius 3 is 2.91 bits per heavy atom. The van der Waals surface area contributed by atoms with Crippen LogP contribution < -0.4 is 0 Å². The van der Waals surface area contributed by atoms with E-state index in [1.807, 2.05) is 18.5 Å². The van der Waals surface area contributed by atoms with Gasteiger partial charge in [0.15, 0.2) is 17.1 Å². The molecular weight excluding hydrogens is 304 g/mol. The molecule has 0 fully saturated rings. The molecule has 4 heterocycles. The van der Waals surface area contributed by atoms with E-state index < -0.39 is 0 Å². The Morgan fingerprint density at radius 1 is 1.27 bits per heavy atom. The van der Waals surface area contributed by atoms with Crippen LogP contribution in [0.15, 0.2) is 12.5 Å². The molecule has 4 rings (SSSR count). The molecule has 0 aliphatic carbocycles. The lowest BCUT2D eigenvalue weighted by Gasteiger charge is -2.01. The average Bonchev–Trinajstić information content (AvgIpc) is 3.18. The summed E-state index contributed by atoms with van der Waals surface area (Å²) in [5.74, 6) is 0.735. The maximum absolute atomic E-state index is 6.16. The van der Waals surface area contributed by atoms with Gasteiger partial charge in [-0.1, -0.05) is 11.6 Å². The monoisotopic (exact) mass is 316 g/mol. The standard InChI is InChI=1S/C13H13ClN8/c1-7-11(14)8(2)21(19-7)4-3-10-17-13-9-5-16-18-12(9)15-6-22(13)20-10/h5-6H,3-4H2,1-2H3,(H,16,18). The van der Waals surface area contributed by atoms with E-state index in [9.17, 15) is 0 Å². The summed E-state index contributed by atoms with van der Waals surface area (Å²) in [6, 6.07) is 0. The third kappa shape index (κ3) is 1.95. The SMILES string of the molecule is Cc1nn(CCc2nc3c4cn[nH]c4ncn3n2)c(C)c1Cl. The van der Waals surface area contributed by atoms with Gasteiger partial charge in [-0.25, -0.2) is 14.5 Å². The normalized spacial score (nSPS) is 11.8. The van der Waals surface area contributed by atoms with E-state index in [0.717, 1.165) is 28.2 Å². The highest BCUT2D eigenvalue weighted by Crippen LogP contribution is 2.19. The second-order valence-corrected chi connectivity index (χ2v) is 5.51. The fraction of sp³-hybridized carbons (Fsp3) is 0.308. The number of aromatic amines is 1. The van der Waals surface area contributed by atoms with Crippen molar-refractivity contribution in [2.45, 2.75) is 26.8 Å². The molecular formula is C13H13ClN8. The molecule has 0 spiro atoms. The fourth-order valence-electron chi connectivity index (χ4n) is 2.49. The summed E-state index contributed by atoms with van der Waals surface area (Å²) in [5.41, 5.74) is 3.25. The van der Waals surface area contributed by atoms with Crippen LogP contribution in [0, 0.1) is 13.8 Å². The van der Waals surface area contributed by atoms with Crippen molar-refractivity contribution in [1.29, 1.82) is 0 Å². The van der Waals surface area contributed by atoms with Gasteiger partial charge < -0.3 is 0 Å². The van der Waals surface area contributed by atoms with Gasteiger partial charge in [0, 0.05) is 13.0 Å². The Bertz CT molecular complexity index is 979. The number of nitrogens with zero attached hydrogens (tertiary/aromatic N) is 7. The van der Waals surface area contributed by atoms with Crippen LogP contribution in [0.2, 0.25) is 5.02 Å². The number of H-pyrrole nitrogens is 1. The summed E-state index contributed by atoms with van der Waals surface area (Å²) < 4.78 is 3.55. The number of fused-ring (bicyclic) bond motifs is 3. The Morgan fingerprint density at radius 2 is 2.14 bits per heavy atom. The second kappa shape index (κ2) is 4.77. The van der Waals surface area contributed by atoms with Crippen LogP contribution in [0.3, 0.4) is 0 Å². The number of nitrogens with one attached hydrogen (secondary N) is 1. The third-order valence-electron chi connectivity index (χ3n) is 3.67.